The predicted octanol–water partition coefficient (Wildman–Crippen LogP) is 2.68. The molecule has 5 heteroatoms. The van der Waals surface area contributed by atoms with Crippen LogP contribution in [0.5, 0.6) is 0 Å². The van der Waals surface area contributed by atoms with Crippen LogP contribution in [0.15, 0.2) is 12.4 Å². The zero-order valence-electron chi connectivity index (χ0n) is 13.5. The molecular formula is C16H28N4O. The lowest BCUT2D eigenvalue weighted by atomic mass is 9.89. The molecule has 1 saturated heterocycles. The van der Waals surface area contributed by atoms with Crippen LogP contribution in [0.3, 0.4) is 0 Å². The van der Waals surface area contributed by atoms with Crippen molar-refractivity contribution in [3.05, 3.63) is 12.4 Å². The summed E-state index contributed by atoms with van der Waals surface area (Å²) in [4.78, 5) is 10.9. The monoisotopic (exact) mass is 292 g/mol. The molecule has 5 nitrogen and oxygen atoms in total. The first kappa shape index (κ1) is 16.0. The second-order valence-electron chi connectivity index (χ2n) is 7.08. The van der Waals surface area contributed by atoms with Crippen LogP contribution in [-0.4, -0.2) is 40.8 Å². The molecule has 2 N–H and O–H groups in total. The van der Waals surface area contributed by atoms with Gasteiger partial charge in [-0.2, -0.15) is 0 Å². The first-order valence-corrected chi connectivity index (χ1v) is 7.92. The second kappa shape index (κ2) is 7.07. The third-order valence-corrected chi connectivity index (χ3v) is 3.90. The maximum Gasteiger partial charge on any atom is 0.134 e. The van der Waals surface area contributed by atoms with Gasteiger partial charge in [0.2, 0.25) is 0 Å². The van der Waals surface area contributed by atoms with E-state index >= 15 is 0 Å². The molecule has 0 aliphatic carbocycles. The van der Waals surface area contributed by atoms with E-state index in [4.69, 9.17) is 0 Å². The largest absolute Gasteiger partial charge is 0.394 e. The van der Waals surface area contributed by atoms with Crippen LogP contribution in [0.2, 0.25) is 0 Å². The Morgan fingerprint density at radius 3 is 2.62 bits per heavy atom. The molecule has 2 rings (SSSR count). The molecule has 0 spiro atoms. The molecule has 0 radical (unpaired) electrons. The van der Waals surface area contributed by atoms with Gasteiger partial charge in [0.25, 0.3) is 0 Å². The molecule has 1 unspecified atom stereocenters. The van der Waals surface area contributed by atoms with Crippen molar-refractivity contribution in [3.63, 3.8) is 0 Å². The van der Waals surface area contributed by atoms with E-state index in [0.29, 0.717) is 0 Å². The van der Waals surface area contributed by atoms with E-state index in [9.17, 15) is 5.11 Å². The number of aromatic nitrogens is 2. The van der Waals surface area contributed by atoms with Gasteiger partial charge in [-0.25, -0.2) is 9.97 Å². The molecule has 21 heavy (non-hydrogen) atoms. The van der Waals surface area contributed by atoms with Gasteiger partial charge in [0.05, 0.1) is 12.6 Å². The van der Waals surface area contributed by atoms with Crippen LogP contribution < -0.4 is 10.2 Å². The number of hydrogen-bond donors (Lipinski definition) is 2. The maximum absolute atomic E-state index is 9.55. The lowest BCUT2D eigenvalue weighted by Gasteiger charge is -2.23. The minimum absolute atomic E-state index is 0.0468. The Balaban J connectivity index is 1.95. The Hall–Kier alpha value is -1.36. The molecule has 0 saturated carbocycles. The summed E-state index contributed by atoms with van der Waals surface area (Å²) in [5, 5.41) is 12.9. The minimum Gasteiger partial charge on any atom is -0.394 e. The fourth-order valence-electron chi connectivity index (χ4n) is 2.57. The average molecular weight is 292 g/mol. The Morgan fingerprint density at radius 2 is 2.00 bits per heavy atom. The predicted molar refractivity (Wildman–Crippen MR) is 86.7 cm³/mol. The van der Waals surface area contributed by atoms with Gasteiger partial charge in [0.1, 0.15) is 18.0 Å². The van der Waals surface area contributed by atoms with Crippen molar-refractivity contribution in [2.45, 2.75) is 52.5 Å². The van der Waals surface area contributed by atoms with E-state index < -0.39 is 0 Å². The number of hydrogen-bond acceptors (Lipinski definition) is 5. The number of nitrogens with zero attached hydrogens (tertiary/aromatic N) is 3. The van der Waals surface area contributed by atoms with Crippen LogP contribution in [-0.2, 0) is 0 Å². The summed E-state index contributed by atoms with van der Waals surface area (Å²) in [6.45, 7) is 8.93. The van der Waals surface area contributed by atoms with E-state index in [1.807, 2.05) is 6.07 Å². The van der Waals surface area contributed by atoms with Gasteiger partial charge in [-0.3, -0.25) is 0 Å². The van der Waals surface area contributed by atoms with Crippen LogP contribution in [0.25, 0.3) is 0 Å². The Morgan fingerprint density at radius 1 is 1.29 bits per heavy atom. The highest BCUT2D eigenvalue weighted by Gasteiger charge is 2.17. The normalized spacial score (nSPS) is 17.0. The van der Waals surface area contributed by atoms with Crippen LogP contribution in [0, 0.1) is 5.41 Å². The summed E-state index contributed by atoms with van der Waals surface area (Å²) in [5.41, 5.74) is 0.279. The zero-order valence-corrected chi connectivity index (χ0v) is 13.5. The summed E-state index contributed by atoms with van der Waals surface area (Å²) in [6.07, 6.45) is 6.07. The van der Waals surface area contributed by atoms with E-state index in [1.165, 1.54) is 12.8 Å². The summed E-state index contributed by atoms with van der Waals surface area (Å²) >= 11 is 0. The lowest BCUT2D eigenvalue weighted by molar-refractivity contribution is 0.251. The van der Waals surface area contributed by atoms with Gasteiger partial charge in [0.15, 0.2) is 0 Å². The molecule has 118 valence electrons. The fraction of sp³-hybridized carbons (Fsp3) is 0.750. The molecule has 0 amide bonds. The average Bonchev–Trinajstić information content (AvgIpc) is 2.97. The third kappa shape index (κ3) is 5.16. The number of rotatable bonds is 6. The van der Waals surface area contributed by atoms with Crippen molar-refractivity contribution >= 4 is 11.6 Å². The number of nitrogens with one attached hydrogen (secondary N) is 1. The number of aliphatic hydroxyl groups is 1. The van der Waals surface area contributed by atoms with Gasteiger partial charge in [-0.1, -0.05) is 20.8 Å². The SMILES string of the molecule is CC(C)(C)CCC(CO)Nc1cc(N2CCCC2)ncn1. The summed E-state index contributed by atoms with van der Waals surface area (Å²) in [6, 6.07) is 2.04. The summed E-state index contributed by atoms with van der Waals surface area (Å²) in [5.74, 6) is 1.79. The molecule has 1 fully saturated rings. The van der Waals surface area contributed by atoms with Crippen molar-refractivity contribution in [2.75, 3.05) is 29.9 Å². The maximum atomic E-state index is 9.55. The quantitative estimate of drug-likeness (QED) is 0.844. The van der Waals surface area contributed by atoms with Crippen LogP contribution in [0.4, 0.5) is 11.6 Å². The highest BCUT2D eigenvalue weighted by Crippen LogP contribution is 2.23. The van der Waals surface area contributed by atoms with Crippen molar-refractivity contribution in [1.29, 1.82) is 0 Å². The van der Waals surface area contributed by atoms with Gasteiger partial charge in [0, 0.05) is 19.2 Å². The molecule has 1 atom stereocenters. The van der Waals surface area contributed by atoms with Gasteiger partial charge < -0.3 is 15.3 Å². The van der Waals surface area contributed by atoms with Gasteiger partial charge >= 0.3 is 0 Å². The second-order valence-corrected chi connectivity index (χ2v) is 7.08. The number of aliphatic hydroxyl groups excluding tert-OH is 1. The van der Waals surface area contributed by atoms with E-state index in [1.54, 1.807) is 6.33 Å². The summed E-state index contributed by atoms with van der Waals surface area (Å²) in [7, 11) is 0. The molecule has 0 bridgehead atoms. The first-order valence-electron chi connectivity index (χ1n) is 7.92. The highest BCUT2D eigenvalue weighted by molar-refractivity contribution is 5.49. The molecule has 1 aromatic rings. The van der Waals surface area contributed by atoms with E-state index in [-0.39, 0.29) is 18.1 Å². The molecule has 1 aromatic heterocycles. The van der Waals surface area contributed by atoms with Gasteiger partial charge in [-0.15, -0.1) is 0 Å². The van der Waals surface area contributed by atoms with Crippen molar-refractivity contribution < 1.29 is 5.11 Å². The molecule has 0 aromatic carbocycles. The van der Waals surface area contributed by atoms with E-state index in [2.05, 4.69) is 41.0 Å². The minimum atomic E-state index is 0.0468. The Kier molecular flexibility index (Phi) is 5.39. The third-order valence-electron chi connectivity index (χ3n) is 3.90. The molecular weight excluding hydrogens is 264 g/mol. The van der Waals surface area contributed by atoms with Crippen LogP contribution >= 0.6 is 0 Å². The highest BCUT2D eigenvalue weighted by atomic mass is 16.3. The van der Waals surface area contributed by atoms with Crippen molar-refractivity contribution in [1.82, 2.24) is 9.97 Å². The zero-order chi connectivity index (χ0) is 15.3. The van der Waals surface area contributed by atoms with Crippen molar-refractivity contribution in [3.8, 4) is 0 Å². The van der Waals surface area contributed by atoms with E-state index in [0.717, 1.165) is 37.6 Å². The Labute approximate surface area is 127 Å². The topological polar surface area (TPSA) is 61.3 Å². The van der Waals surface area contributed by atoms with Crippen LogP contribution in [0.1, 0.15) is 46.5 Å². The first-order chi connectivity index (χ1) is 9.98. The summed E-state index contributed by atoms with van der Waals surface area (Å²) < 4.78 is 0. The standard InChI is InChI=1S/C16H28N4O/c1-16(2,3)7-6-13(11-21)19-14-10-15(18-12-17-14)20-8-4-5-9-20/h10,12-13,21H,4-9,11H2,1-3H3,(H,17,18,19). The molecule has 2 heterocycles. The lowest BCUT2D eigenvalue weighted by Crippen LogP contribution is -2.26. The Bertz CT molecular complexity index is 438. The fourth-order valence-corrected chi connectivity index (χ4v) is 2.57. The van der Waals surface area contributed by atoms with Crippen molar-refractivity contribution in [2.24, 2.45) is 5.41 Å². The smallest absolute Gasteiger partial charge is 0.134 e. The van der Waals surface area contributed by atoms with Gasteiger partial charge in [-0.05, 0) is 31.1 Å². The number of anilines is 2. The molecule has 1 aliphatic heterocycles. The molecule has 1 aliphatic rings.